The van der Waals surface area contributed by atoms with Crippen LogP contribution in [0.5, 0.6) is 5.75 Å². The number of nitrogens with one attached hydrogen (secondary N) is 1. The minimum Gasteiger partial charge on any atom is -0.492 e. The summed E-state index contributed by atoms with van der Waals surface area (Å²) in [6.45, 7) is 4.30. The van der Waals surface area contributed by atoms with Gasteiger partial charge >= 0.3 is 0 Å². The lowest BCUT2D eigenvalue weighted by molar-refractivity contribution is 0.159. The van der Waals surface area contributed by atoms with Crippen LogP contribution in [0.4, 0.5) is 0 Å². The van der Waals surface area contributed by atoms with E-state index in [1.54, 1.807) is 0 Å². The molecule has 1 aromatic rings. The van der Waals surface area contributed by atoms with E-state index in [1.165, 1.54) is 0 Å². The molecule has 0 aliphatic heterocycles. The van der Waals surface area contributed by atoms with Gasteiger partial charge in [-0.05, 0) is 31.5 Å². The zero-order valence-corrected chi connectivity index (χ0v) is 9.86. The predicted octanol–water partition coefficient (Wildman–Crippen LogP) is 1.82. The molecule has 3 heteroatoms. The van der Waals surface area contributed by atoms with Gasteiger partial charge < -0.3 is 15.2 Å². The van der Waals surface area contributed by atoms with Crippen molar-refractivity contribution >= 4 is 0 Å². The van der Waals surface area contributed by atoms with Crippen molar-refractivity contribution in [2.45, 2.75) is 25.9 Å². The SMILES string of the molecule is CCC(O)CCNCCOc1ccccc1. The van der Waals surface area contributed by atoms with E-state index in [1.807, 2.05) is 37.3 Å². The maximum atomic E-state index is 9.32. The second-order valence-electron chi connectivity index (χ2n) is 3.76. The number of hydrogen-bond donors (Lipinski definition) is 2. The second kappa shape index (κ2) is 8.13. The van der Waals surface area contributed by atoms with E-state index in [2.05, 4.69) is 5.32 Å². The van der Waals surface area contributed by atoms with E-state index < -0.39 is 0 Å². The van der Waals surface area contributed by atoms with Gasteiger partial charge in [0.2, 0.25) is 0 Å². The van der Waals surface area contributed by atoms with Crippen molar-refractivity contribution in [3.8, 4) is 5.75 Å². The van der Waals surface area contributed by atoms with Crippen molar-refractivity contribution in [2.75, 3.05) is 19.7 Å². The molecule has 0 radical (unpaired) electrons. The molecule has 0 aromatic heterocycles. The minimum absolute atomic E-state index is 0.178. The Labute approximate surface area is 97.4 Å². The molecule has 1 atom stereocenters. The predicted molar refractivity (Wildman–Crippen MR) is 65.7 cm³/mol. The smallest absolute Gasteiger partial charge is 0.119 e. The number of benzene rings is 1. The fourth-order valence-corrected chi connectivity index (χ4v) is 1.36. The summed E-state index contributed by atoms with van der Waals surface area (Å²) < 4.78 is 5.51. The summed E-state index contributed by atoms with van der Waals surface area (Å²) in [6.07, 6.45) is 1.45. The molecule has 0 saturated heterocycles. The van der Waals surface area contributed by atoms with Gasteiger partial charge in [0.15, 0.2) is 0 Å². The summed E-state index contributed by atoms with van der Waals surface area (Å²) in [6, 6.07) is 9.78. The van der Waals surface area contributed by atoms with Gasteiger partial charge in [0.25, 0.3) is 0 Å². The lowest BCUT2D eigenvalue weighted by Crippen LogP contribution is -2.24. The van der Waals surface area contributed by atoms with Crippen LogP contribution in [0.25, 0.3) is 0 Å². The van der Waals surface area contributed by atoms with Crippen LogP contribution in [0.15, 0.2) is 30.3 Å². The zero-order chi connectivity index (χ0) is 11.6. The highest BCUT2D eigenvalue weighted by molar-refractivity contribution is 5.20. The van der Waals surface area contributed by atoms with E-state index in [0.717, 1.165) is 31.7 Å². The first-order valence-electron chi connectivity index (χ1n) is 5.89. The summed E-state index contributed by atoms with van der Waals surface area (Å²) in [5.74, 6) is 0.901. The number of ether oxygens (including phenoxy) is 1. The van der Waals surface area contributed by atoms with Gasteiger partial charge in [-0.1, -0.05) is 25.1 Å². The van der Waals surface area contributed by atoms with Crippen LogP contribution in [0.1, 0.15) is 19.8 Å². The Hall–Kier alpha value is -1.06. The van der Waals surface area contributed by atoms with Gasteiger partial charge in [0, 0.05) is 6.54 Å². The average molecular weight is 223 g/mol. The lowest BCUT2D eigenvalue weighted by Gasteiger charge is -2.09. The molecule has 0 heterocycles. The van der Waals surface area contributed by atoms with Crippen LogP contribution in [0.2, 0.25) is 0 Å². The highest BCUT2D eigenvalue weighted by Crippen LogP contribution is 2.07. The Morgan fingerprint density at radius 3 is 2.69 bits per heavy atom. The van der Waals surface area contributed by atoms with E-state index >= 15 is 0 Å². The van der Waals surface area contributed by atoms with Crippen LogP contribution in [0, 0.1) is 0 Å². The Kier molecular flexibility index (Phi) is 6.61. The van der Waals surface area contributed by atoms with Crippen molar-refractivity contribution in [1.29, 1.82) is 0 Å². The Morgan fingerprint density at radius 1 is 1.25 bits per heavy atom. The maximum Gasteiger partial charge on any atom is 0.119 e. The molecule has 0 aliphatic carbocycles. The zero-order valence-electron chi connectivity index (χ0n) is 9.86. The highest BCUT2D eigenvalue weighted by Gasteiger charge is 1.98. The summed E-state index contributed by atoms with van der Waals surface area (Å²) in [4.78, 5) is 0. The lowest BCUT2D eigenvalue weighted by atomic mass is 10.2. The first-order chi connectivity index (χ1) is 7.83. The Morgan fingerprint density at radius 2 is 2.00 bits per heavy atom. The molecule has 0 bridgehead atoms. The van der Waals surface area contributed by atoms with Crippen molar-refractivity contribution in [2.24, 2.45) is 0 Å². The molecule has 0 spiro atoms. The van der Waals surface area contributed by atoms with Crippen LogP contribution in [-0.2, 0) is 0 Å². The van der Waals surface area contributed by atoms with Crippen LogP contribution >= 0.6 is 0 Å². The molecule has 3 nitrogen and oxygen atoms in total. The van der Waals surface area contributed by atoms with Crippen LogP contribution in [-0.4, -0.2) is 30.9 Å². The fraction of sp³-hybridized carbons (Fsp3) is 0.538. The van der Waals surface area contributed by atoms with Gasteiger partial charge in [-0.25, -0.2) is 0 Å². The van der Waals surface area contributed by atoms with E-state index in [4.69, 9.17) is 4.74 Å². The normalized spacial score (nSPS) is 12.4. The van der Waals surface area contributed by atoms with Gasteiger partial charge in [0.1, 0.15) is 12.4 Å². The molecule has 1 unspecified atom stereocenters. The van der Waals surface area contributed by atoms with Crippen LogP contribution in [0.3, 0.4) is 0 Å². The summed E-state index contributed by atoms with van der Waals surface area (Å²) >= 11 is 0. The fourth-order valence-electron chi connectivity index (χ4n) is 1.36. The van der Waals surface area contributed by atoms with Gasteiger partial charge in [0.05, 0.1) is 6.10 Å². The largest absolute Gasteiger partial charge is 0.492 e. The first kappa shape index (κ1) is 13.0. The minimum atomic E-state index is -0.178. The summed E-state index contributed by atoms with van der Waals surface area (Å²) in [7, 11) is 0. The van der Waals surface area contributed by atoms with Crippen LogP contribution < -0.4 is 10.1 Å². The maximum absolute atomic E-state index is 9.32. The molecule has 0 fully saturated rings. The van der Waals surface area contributed by atoms with Crippen molar-refractivity contribution in [3.63, 3.8) is 0 Å². The quantitative estimate of drug-likeness (QED) is 0.660. The van der Waals surface area contributed by atoms with E-state index in [0.29, 0.717) is 6.61 Å². The summed E-state index contributed by atoms with van der Waals surface area (Å²) in [5.41, 5.74) is 0. The highest BCUT2D eigenvalue weighted by atomic mass is 16.5. The molecule has 0 amide bonds. The molecular formula is C13H21NO2. The number of para-hydroxylation sites is 1. The average Bonchev–Trinajstić information content (AvgIpc) is 2.34. The third kappa shape index (κ3) is 5.73. The first-order valence-corrected chi connectivity index (χ1v) is 5.89. The molecule has 90 valence electrons. The van der Waals surface area contributed by atoms with Gasteiger partial charge in [-0.15, -0.1) is 0 Å². The standard InChI is InChI=1S/C13H21NO2/c1-2-12(15)8-9-14-10-11-16-13-6-4-3-5-7-13/h3-7,12,14-15H,2,8-11H2,1H3. The third-order valence-electron chi connectivity index (χ3n) is 2.42. The molecule has 1 rings (SSSR count). The topological polar surface area (TPSA) is 41.5 Å². The number of rotatable bonds is 8. The number of aliphatic hydroxyl groups excluding tert-OH is 1. The summed E-state index contributed by atoms with van der Waals surface area (Å²) in [5, 5.41) is 12.6. The van der Waals surface area contributed by atoms with Crippen molar-refractivity contribution < 1.29 is 9.84 Å². The molecule has 16 heavy (non-hydrogen) atoms. The van der Waals surface area contributed by atoms with Gasteiger partial charge in [-0.3, -0.25) is 0 Å². The third-order valence-corrected chi connectivity index (χ3v) is 2.42. The monoisotopic (exact) mass is 223 g/mol. The Bertz CT molecular complexity index is 264. The van der Waals surface area contributed by atoms with Crippen molar-refractivity contribution in [3.05, 3.63) is 30.3 Å². The Balaban J connectivity index is 1.96. The number of hydrogen-bond acceptors (Lipinski definition) is 3. The molecule has 2 N–H and O–H groups in total. The number of aliphatic hydroxyl groups is 1. The van der Waals surface area contributed by atoms with Gasteiger partial charge in [-0.2, -0.15) is 0 Å². The molecule has 1 aromatic carbocycles. The molecule has 0 aliphatic rings. The van der Waals surface area contributed by atoms with E-state index in [9.17, 15) is 5.11 Å². The molecule has 0 saturated carbocycles. The van der Waals surface area contributed by atoms with E-state index in [-0.39, 0.29) is 6.10 Å². The van der Waals surface area contributed by atoms with Crippen molar-refractivity contribution in [1.82, 2.24) is 5.32 Å². The molecular weight excluding hydrogens is 202 g/mol. The second-order valence-corrected chi connectivity index (χ2v) is 3.76.